The molecule has 4 aromatic rings. The molecule has 0 aliphatic rings. The summed E-state index contributed by atoms with van der Waals surface area (Å²) < 4.78 is 12.2. The Morgan fingerprint density at radius 2 is 1.04 bits per heavy atom. The van der Waals surface area contributed by atoms with Gasteiger partial charge in [-0.15, -0.1) is 0 Å². The molecule has 0 fully saturated rings. The fraction of sp³-hybridized carbons (Fsp3) is 0. The molecule has 2 nitrogen and oxygen atoms in total. The molecule has 0 aliphatic carbocycles. The standard InChI is InChI=1S/C22H16O2/c1-3-10-18(11-4-1)23-21-16-15-17-9-7-8-14-20(17)22(21)24-19-12-5-2-6-13-19/h1-16H. The van der Waals surface area contributed by atoms with E-state index in [0.29, 0.717) is 5.75 Å². The molecule has 116 valence electrons. The van der Waals surface area contributed by atoms with Gasteiger partial charge in [0.05, 0.1) is 0 Å². The Bertz CT molecular complexity index is 947. The van der Waals surface area contributed by atoms with Crippen molar-refractivity contribution in [2.24, 2.45) is 0 Å². The first-order chi connectivity index (χ1) is 11.9. The fourth-order valence-corrected chi connectivity index (χ4v) is 2.63. The molecule has 0 N–H and O–H groups in total. The number of benzene rings is 4. The zero-order valence-electron chi connectivity index (χ0n) is 13.1. The van der Waals surface area contributed by atoms with Crippen molar-refractivity contribution in [2.45, 2.75) is 0 Å². The van der Waals surface area contributed by atoms with Gasteiger partial charge in [-0.25, -0.2) is 0 Å². The zero-order chi connectivity index (χ0) is 16.2. The lowest BCUT2D eigenvalue weighted by Gasteiger charge is -2.15. The smallest absolute Gasteiger partial charge is 0.177 e. The first-order valence-electron chi connectivity index (χ1n) is 7.88. The summed E-state index contributed by atoms with van der Waals surface area (Å²) in [6.07, 6.45) is 0. The van der Waals surface area contributed by atoms with E-state index in [0.717, 1.165) is 28.0 Å². The van der Waals surface area contributed by atoms with Crippen molar-refractivity contribution < 1.29 is 9.47 Å². The average Bonchev–Trinajstić information content (AvgIpc) is 2.65. The van der Waals surface area contributed by atoms with Crippen LogP contribution >= 0.6 is 0 Å². The molecule has 0 aliphatic heterocycles. The molecule has 0 radical (unpaired) electrons. The first-order valence-corrected chi connectivity index (χ1v) is 7.88. The largest absolute Gasteiger partial charge is 0.453 e. The van der Waals surface area contributed by atoms with Crippen molar-refractivity contribution in [1.29, 1.82) is 0 Å². The highest BCUT2D eigenvalue weighted by molar-refractivity contribution is 5.91. The van der Waals surface area contributed by atoms with E-state index in [1.165, 1.54) is 0 Å². The summed E-state index contributed by atoms with van der Waals surface area (Å²) in [4.78, 5) is 0. The third kappa shape index (κ3) is 2.95. The van der Waals surface area contributed by atoms with Crippen LogP contribution in [0.4, 0.5) is 0 Å². The number of para-hydroxylation sites is 2. The van der Waals surface area contributed by atoms with Crippen LogP contribution in [0.1, 0.15) is 0 Å². The molecule has 0 aromatic heterocycles. The third-order valence-electron chi connectivity index (χ3n) is 3.78. The Balaban J connectivity index is 1.82. The molecule has 4 aromatic carbocycles. The van der Waals surface area contributed by atoms with Crippen molar-refractivity contribution in [3.8, 4) is 23.0 Å². The summed E-state index contributed by atoms with van der Waals surface area (Å²) in [5.41, 5.74) is 0. The van der Waals surface area contributed by atoms with Gasteiger partial charge in [0.1, 0.15) is 11.5 Å². The van der Waals surface area contributed by atoms with Gasteiger partial charge in [0.15, 0.2) is 11.5 Å². The highest BCUT2D eigenvalue weighted by atomic mass is 16.5. The van der Waals surface area contributed by atoms with Gasteiger partial charge in [0, 0.05) is 5.39 Å². The van der Waals surface area contributed by atoms with Gasteiger partial charge < -0.3 is 9.47 Å². The second-order valence-electron chi connectivity index (χ2n) is 5.44. The summed E-state index contributed by atoms with van der Waals surface area (Å²) in [6, 6.07) is 31.6. The predicted molar refractivity (Wildman–Crippen MR) is 97.0 cm³/mol. The van der Waals surface area contributed by atoms with Crippen LogP contribution in [-0.4, -0.2) is 0 Å². The minimum Gasteiger partial charge on any atom is -0.453 e. The summed E-state index contributed by atoms with van der Waals surface area (Å²) in [5, 5.41) is 2.14. The van der Waals surface area contributed by atoms with E-state index in [9.17, 15) is 0 Å². The maximum atomic E-state index is 6.17. The van der Waals surface area contributed by atoms with Crippen LogP contribution in [0.3, 0.4) is 0 Å². The molecule has 0 heterocycles. The van der Waals surface area contributed by atoms with E-state index in [4.69, 9.17) is 9.47 Å². The van der Waals surface area contributed by atoms with E-state index < -0.39 is 0 Å². The van der Waals surface area contributed by atoms with Crippen molar-refractivity contribution in [3.63, 3.8) is 0 Å². The maximum Gasteiger partial charge on any atom is 0.177 e. The lowest BCUT2D eigenvalue weighted by Crippen LogP contribution is -1.92. The molecule has 0 unspecified atom stereocenters. The number of fused-ring (bicyclic) bond motifs is 1. The van der Waals surface area contributed by atoms with Crippen molar-refractivity contribution in [1.82, 2.24) is 0 Å². The van der Waals surface area contributed by atoms with Gasteiger partial charge in [-0.2, -0.15) is 0 Å². The summed E-state index contributed by atoms with van der Waals surface area (Å²) in [5.74, 6) is 2.99. The van der Waals surface area contributed by atoms with E-state index in [1.807, 2.05) is 91.0 Å². The van der Waals surface area contributed by atoms with Gasteiger partial charge >= 0.3 is 0 Å². The Labute approximate surface area is 140 Å². The number of ether oxygens (including phenoxy) is 2. The molecule has 0 amide bonds. The minimum atomic E-state index is 0.698. The van der Waals surface area contributed by atoms with Gasteiger partial charge in [0.2, 0.25) is 0 Å². The highest BCUT2D eigenvalue weighted by Crippen LogP contribution is 2.40. The van der Waals surface area contributed by atoms with Crippen molar-refractivity contribution >= 4 is 10.8 Å². The molecular weight excluding hydrogens is 296 g/mol. The summed E-state index contributed by atoms with van der Waals surface area (Å²) >= 11 is 0. The number of rotatable bonds is 4. The second-order valence-corrected chi connectivity index (χ2v) is 5.44. The topological polar surface area (TPSA) is 18.5 Å². The van der Waals surface area contributed by atoms with Crippen LogP contribution < -0.4 is 9.47 Å². The Morgan fingerprint density at radius 3 is 1.75 bits per heavy atom. The predicted octanol–water partition coefficient (Wildman–Crippen LogP) is 6.42. The number of hydrogen-bond donors (Lipinski definition) is 0. The van der Waals surface area contributed by atoms with Gasteiger partial charge in [-0.05, 0) is 35.7 Å². The van der Waals surface area contributed by atoms with Crippen molar-refractivity contribution in [3.05, 3.63) is 97.1 Å². The lowest BCUT2D eigenvalue weighted by molar-refractivity contribution is 0.423. The Morgan fingerprint density at radius 1 is 0.458 bits per heavy atom. The van der Waals surface area contributed by atoms with E-state index in [1.54, 1.807) is 0 Å². The van der Waals surface area contributed by atoms with Gasteiger partial charge in [-0.3, -0.25) is 0 Å². The van der Waals surface area contributed by atoms with Gasteiger partial charge in [-0.1, -0.05) is 66.7 Å². The Hall–Kier alpha value is -3.26. The first kappa shape index (κ1) is 14.3. The van der Waals surface area contributed by atoms with Crippen LogP contribution in [0.2, 0.25) is 0 Å². The highest BCUT2D eigenvalue weighted by Gasteiger charge is 2.12. The summed E-state index contributed by atoms with van der Waals surface area (Å²) in [7, 11) is 0. The van der Waals surface area contributed by atoms with E-state index >= 15 is 0 Å². The molecule has 24 heavy (non-hydrogen) atoms. The normalized spacial score (nSPS) is 10.5. The number of hydrogen-bond acceptors (Lipinski definition) is 2. The average molecular weight is 312 g/mol. The van der Waals surface area contributed by atoms with Gasteiger partial charge in [0.25, 0.3) is 0 Å². The monoisotopic (exact) mass is 312 g/mol. The second kappa shape index (κ2) is 6.47. The molecule has 0 saturated carbocycles. The molecule has 0 saturated heterocycles. The summed E-state index contributed by atoms with van der Waals surface area (Å²) in [6.45, 7) is 0. The van der Waals surface area contributed by atoms with Crippen LogP contribution in [0.25, 0.3) is 10.8 Å². The molecule has 0 spiro atoms. The molecule has 4 rings (SSSR count). The maximum absolute atomic E-state index is 6.17. The quantitative estimate of drug-likeness (QED) is 0.432. The fourth-order valence-electron chi connectivity index (χ4n) is 2.63. The van der Waals surface area contributed by atoms with Crippen molar-refractivity contribution in [2.75, 3.05) is 0 Å². The molecule has 0 atom stereocenters. The Kier molecular flexibility index (Phi) is 3.86. The van der Waals surface area contributed by atoms with Crippen LogP contribution in [-0.2, 0) is 0 Å². The van der Waals surface area contributed by atoms with E-state index in [2.05, 4.69) is 6.07 Å². The molecular formula is C22H16O2. The SMILES string of the molecule is c1ccc(Oc2ccc3ccccc3c2Oc2ccccc2)cc1. The molecule has 2 heteroatoms. The minimum absolute atomic E-state index is 0.698. The van der Waals surface area contributed by atoms with Crippen LogP contribution in [0.15, 0.2) is 97.1 Å². The third-order valence-corrected chi connectivity index (χ3v) is 3.78. The van der Waals surface area contributed by atoms with Crippen LogP contribution in [0.5, 0.6) is 23.0 Å². The molecule has 0 bridgehead atoms. The van der Waals surface area contributed by atoms with Crippen LogP contribution in [0, 0.1) is 0 Å². The van der Waals surface area contributed by atoms with E-state index in [-0.39, 0.29) is 0 Å². The zero-order valence-corrected chi connectivity index (χ0v) is 13.1. The lowest BCUT2D eigenvalue weighted by atomic mass is 10.1.